The van der Waals surface area contributed by atoms with Crippen LogP contribution in [0.2, 0.25) is 0 Å². The number of fused-ring (bicyclic) bond motifs is 3. The number of hydrogen-bond donors (Lipinski definition) is 2. The molecule has 80 valence electrons. The summed E-state index contributed by atoms with van der Waals surface area (Å²) in [7, 11) is 1.72. The van der Waals surface area contributed by atoms with E-state index in [9.17, 15) is 9.90 Å². The van der Waals surface area contributed by atoms with Crippen molar-refractivity contribution in [2.24, 2.45) is 7.05 Å². The molecule has 0 saturated heterocycles. The number of benzene rings is 1. The van der Waals surface area contributed by atoms with Gasteiger partial charge in [0.15, 0.2) is 0 Å². The van der Waals surface area contributed by atoms with Gasteiger partial charge in [0.25, 0.3) is 5.56 Å². The molecule has 0 bridgehead atoms. The Bertz CT molecular complexity index is 753. The number of nitrogens with zero attached hydrogens (tertiary/aromatic N) is 1. The lowest BCUT2D eigenvalue weighted by atomic mass is 10.1. The zero-order chi connectivity index (χ0) is 11.3. The number of nitrogens with one attached hydrogen (secondary N) is 1. The number of aryl methyl sites for hydroxylation is 1. The number of H-pyrrole nitrogens is 1. The Labute approximate surface area is 90.8 Å². The van der Waals surface area contributed by atoms with Crippen LogP contribution in [-0.2, 0) is 7.05 Å². The zero-order valence-electron chi connectivity index (χ0n) is 8.69. The van der Waals surface area contributed by atoms with Crippen molar-refractivity contribution in [1.29, 1.82) is 0 Å². The zero-order valence-corrected chi connectivity index (χ0v) is 8.69. The lowest BCUT2D eigenvalue weighted by Gasteiger charge is -2.06. The highest BCUT2D eigenvalue weighted by Crippen LogP contribution is 2.25. The van der Waals surface area contributed by atoms with E-state index in [1.165, 1.54) is 0 Å². The fraction of sp³-hybridized carbons (Fsp3) is 0.0833. The summed E-state index contributed by atoms with van der Waals surface area (Å²) in [5.41, 5.74) is 1.33. The first kappa shape index (κ1) is 9.03. The van der Waals surface area contributed by atoms with Crippen molar-refractivity contribution >= 4 is 21.8 Å². The normalized spacial score (nSPS) is 11.3. The Kier molecular flexibility index (Phi) is 1.63. The highest BCUT2D eigenvalue weighted by Gasteiger charge is 2.09. The molecule has 2 aromatic heterocycles. The summed E-state index contributed by atoms with van der Waals surface area (Å²) >= 11 is 0. The summed E-state index contributed by atoms with van der Waals surface area (Å²) in [5, 5.41) is 11.2. The van der Waals surface area contributed by atoms with E-state index >= 15 is 0 Å². The Morgan fingerprint density at radius 2 is 2.06 bits per heavy atom. The highest BCUT2D eigenvalue weighted by molar-refractivity contribution is 6.04. The minimum atomic E-state index is -0.0572. The van der Waals surface area contributed by atoms with Crippen LogP contribution in [0, 0.1) is 0 Å². The molecule has 0 fully saturated rings. The van der Waals surface area contributed by atoms with Crippen LogP contribution in [0.25, 0.3) is 21.8 Å². The van der Waals surface area contributed by atoms with Gasteiger partial charge in [0, 0.05) is 24.0 Å². The van der Waals surface area contributed by atoms with Crippen molar-refractivity contribution < 1.29 is 5.11 Å². The van der Waals surface area contributed by atoms with Crippen LogP contribution in [0.15, 0.2) is 35.3 Å². The van der Waals surface area contributed by atoms with Crippen molar-refractivity contribution in [3.63, 3.8) is 0 Å². The summed E-state index contributed by atoms with van der Waals surface area (Å²) in [5.74, 6) is 0.202. The van der Waals surface area contributed by atoms with Gasteiger partial charge in [-0.15, -0.1) is 0 Å². The van der Waals surface area contributed by atoms with Crippen molar-refractivity contribution in [2.45, 2.75) is 0 Å². The average molecular weight is 214 g/mol. The number of hydrogen-bond acceptors (Lipinski definition) is 2. The highest BCUT2D eigenvalue weighted by atomic mass is 16.3. The third-order valence-corrected chi connectivity index (χ3v) is 2.90. The van der Waals surface area contributed by atoms with Crippen molar-refractivity contribution in [3.8, 4) is 5.75 Å². The lowest BCUT2D eigenvalue weighted by molar-refractivity contribution is 0.476. The molecule has 0 aliphatic rings. The number of aromatic amines is 1. The van der Waals surface area contributed by atoms with Gasteiger partial charge >= 0.3 is 0 Å². The van der Waals surface area contributed by atoms with Gasteiger partial charge < -0.3 is 14.7 Å². The monoisotopic (exact) mass is 214 g/mol. The molecule has 2 N–H and O–H groups in total. The summed E-state index contributed by atoms with van der Waals surface area (Å²) in [6.07, 6.45) is 1.73. The Morgan fingerprint density at radius 3 is 2.88 bits per heavy atom. The maximum Gasteiger partial charge on any atom is 0.275 e. The van der Waals surface area contributed by atoms with Crippen molar-refractivity contribution in [2.75, 3.05) is 0 Å². The third kappa shape index (κ3) is 1.01. The molecular weight excluding hydrogens is 204 g/mol. The SMILES string of the molecule is Cn1c(=O)c2[nH]ccc2c2cc(O)ccc21. The Hall–Kier alpha value is -2.23. The first-order valence-corrected chi connectivity index (χ1v) is 4.97. The first-order chi connectivity index (χ1) is 7.68. The molecular formula is C12H10N2O2. The number of rotatable bonds is 0. The standard InChI is InChI=1S/C12H10N2O2/c1-14-10-3-2-7(15)6-9(10)8-4-5-13-11(8)12(14)16/h2-6,13,15H,1H3. The molecule has 4 nitrogen and oxygen atoms in total. The predicted octanol–water partition coefficient (Wildman–Crippen LogP) is 1.73. The topological polar surface area (TPSA) is 58.0 Å². The van der Waals surface area contributed by atoms with Gasteiger partial charge in [-0.05, 0) is 24.3 Å². The molecule has 0 amide bonds. The molecule has 0 spiro atoms. The van der Waals surface area contributed by atoms with E-state index in [0.29, 0.717) is 5.52 Å². The van der Waals surface area contributed by atoms with E-state index in [-0.39, 0.29) is 11.3 Å². The van der Waals surface area contributed by atoms with Crippen LogP contribution >= 0.6 is 0 Å². The fourth-order valence-corrected chi connectivity index (χ4v) is 2.08. The molecule has 0 radical (unpaired) electrons. The molecule has 0 unspecified atom stereocenters. The van der Waals surface area contributed by atoms with Gasteiger partial charge in [0.2, 0.25) is 0 Å². The molecule has 0 aliphatic heterocycles. The van der Waals surface area contributed by atoms with Crippen LogP contribution in [0.1, 0.15) is 0 Å². The van der Waals surface area contributed by atoms with E-state index in [2.05, 4.69) is 4.98 Å². The molecule has 2 heterocycles. The number of aromatic nitrogens is 2. The van der Waals surface area contributed by atoms with Crippen LogP contribution in [0.5, 0.6) is 5.75 Å². The van der Waals surface area contributed by atoms with Crippen molar-refractivity contribution in [3.05, 3.63) is 40.8 Å². The van der Waals surface area contributed by atoms with E-state index in [1.807, 2.05) is 6.07 Å². The number of pyridine rings is 1. The van der Waals surface area contributed by atoms with Gasteiger partial charge in [-0.25, -0.2) is 0 Å². The van der Waals surface area contributed by atoms with Crippen LogP contribution in [-0.4, -0.2) is 14.7 Å². The molecule has 0 atom stereocenters. The quantitative estimate of drug-likeness (QED) is 0.598. The van der Waals surface area contributed by atoms with Crippen LogP contribution < -0.4 is 5.56 Å². The maximum absolute atomic E-state index is 12.0. The molecule has 0 saturated carbocycles. The second-order valence-electron chi connectivity index (χ2n) is 3.83. The minimum absolute atomic E-state index is 0.0572. The minimum Gasteiger partial charge on any atom is -0.508 e. The van der Waals surface area contributed by atoms with E-state index in [0.717, 1.165) is 16.3 Å². The smallest absolute Gasteiger partial charge is 0.275 e. The number of aromatic hydroxyl groups is 1. The number of phenols is 1. The molecule has 0 aliphatic carbocycles. The first-order valence-electron chi connectivity index (χ1n) is 4.97. The molecule has 3 rings (SSSR count). The second-order valence-corrected chi connectivity index (χ2v) is 3.83. The number of phenolic OH excluding ortho intramolecular Hbond substituents is 1. The third-order valence-electron chi connectivity index (χ3n) is 2.90. The molecule has 4 heteroatoms. The Balaban J connectivity index is 2.72. The summed E-state index contributed by atoms with van der Waals surface area (Å²) < 4.78 is 1.58. The predicted molar refractivity (Wildman–Crippen MR) is 62.7 cm³/mol. The maximum atomic E-state index is 12.0. The molecule has 1 aromatic carbocycles. The van der Waals surface area contributed by atoms with Gasteiger partial charge in [-0.1, -0.05) is 0 Å². The summed E-state index contributed by atoms with van der Waals surface area (Å²) in [4.78, 5) is 14.9. The molecule has 3 aromatic rings. The fourth-order valence-electron chi connectivity index (χ4n) is 2.08. The second kappa shape index (κ2) is 2.88. The van der Waals surface area contributed by atoms with Gasteiger partial charge in [-0.2, -0.15) is 0 Å². The molecule has 16 heavy (non-hydrogen) atoms. The van der Waals surface area contributed by atoms with E-state index in [4.69, 9.17) is 0 Å². The summed E-state index contributed by atoms with van der Waals surface area (Å²) in [6, 6.07) is 6.85. The summed E-state index contributed by atoms with van der Waals surface area (Å²) in [6.45, 7) is 0. The van der Waals surface area contributed by atoms with Gasteiger partial charge in [0.05, 0.1) is 5.52 Å². The van der Waals surface area contributed by atoms with E-state index < -0.39 is 0 Å². The Morgan fingerprint density at radius 1 is 1.25 bits per heavy atom. The van der Waals surface area contributed by atoms with Crippen LogP contribution in [0.4, 0.5) is 0 Å². The van der Waals surface area contributed by atoms with E-state index in [1.54, 1.807) is 36.0 Å². The average Bonchev–Trinajstić information content (AvgIpc) is 2.75. The van der Waals surface area contributed by atoms with Crippen LogP contribution in [0.3, 0.4) is 0 Å². The van der Waals surface area contributed by atoms with Gasteiger partial charge in [-0.3, -0.25) is 4.79 Å². The van der Waals surface area contributed by atoms with Crippen molar-refractivity contribution in [1.82, 2.24) is 9.55 Å². The van der Waals surface area contributed by atoms with Gasteiger partial charge in [0.1, 0.15) is 11.3 Å². The lowest BCUT2D eigenvalue weighted by Crippen LogP contribution is -2.17. The largest absolute Gasteiger partial charge is 0.508 e.